The third-order valence-corrected chi connectivity index (χ3v) is 4.63. The second-order valence-corrected chi connectivity index (χ2v) is 6.45. The van der Waals surface area contributed by atoms with E-state index in [2.05, 4.69) is 23.2 Å². The lowest BCUT2D eigenvalue weighted by Crippen LogP contribution is -2.49. The smallest absolute Gasteiger partial charge is 0.317 e. The van der Waals surface area contributed by atoms with E-state index in [-0.39, 0.29) is 18.2 Å². The quantitative estimate of drug-likeness (QED) is 0.896. The van der Waals surface area contributed by atoms with Gasteiger partial charge in [0.05, 0.1) is 24.9 Å². The first-order valence-electron chi connectivity index (χ1n) is 8.78. The summed E-state index contributed by atoms with van der Waals surface area (Å²) in [6.45, 7) is 5.79. The largest absolute Gasteiger partial charge is 0.485 e. The number of para-hydroxylation sites is 2. The normalized spacial score (nSPS) is 22.7. The first kappa shape index (κ1) is 16.9. The van der Waals surface area contributed by atoms with Crippen LogP contribution < -0.4 is 15.0 Å². The van der Waals surface area contributed by atoms with Crippen molar-refractivity contribution in [1.29, 1.82) is 0 Å². The second kappa shape index (κ2) is 7.75. The Hall–Kier alpha value is -1.95. The van der Waals surface area contributed by atoms with Crippen LogP contribution in [-0.4, -0.2) is 63.0 Å². The van der Waals surface area contributed by atoms with Crippen LogP contribution in [0.5, 0.6) is 5.75 Å². The summed E-state index contributed by atoms with van der Waals surface area (Å²) < 4.78 is 11.6. The molecule has 2 aliphatic heterocycles. The maximum atomic E-state index is 12.3. The monoisotopic (exact) mass is 333 g/mol. The van der Waals surface area contributed by atoms with Crippen molar-refractivity contribution in [3.63, 3.8) is 0 Å². The average molecular weight is 333 g/mol. The minimum Gasteiger partial charge on any atom is -0.485 e. The molecular formula is C18H27N3O3. The Bertz CT molecular complexity index is 560. The molecule has 0 unspecified atom stereocenters. The van der Waals surface area contributed by atoms with Crippen LogP contribution in [0.15, 0.2) is 24.3 Å². The van der Waals surface area contributed by atoms with Gasteiger partial charge in [0, 0.05) is 26.7 Å². The van der Waals surface area contributed by atoms with Gasteiger partial charge >= 0.3 is 6.03 Å². The van der Waals surface area contributed by atoms with E-state index >= 15 is 0 Å². The van der Waals surface area contributed by atoms with Gasteiger partial charge in [0.1, 0.15) is 11.9 Å². The van der Waals surface area contributed by atoms with Crippen molar-refractivity contribution >= 4 is 11.7 Å². The van der Waals surface area contributed by atoms with E-state index in [0.29, 0.717) is 13.1 Å². The Morgan fingerprint density at radius 2 is 2.21 bits per heavy atom. The number of carbonyl (C=O) groups is 1. The van der Waals surface area contributed by atoms with E-state index in [0.717, 1.165) is 44.0 Å². The summed E-state index contributed by atoms with van der Waals surface area (Å²) in [4.78, 5) is 16.2. The van der Waals surface area contributed by atoms with Crippen LogP contribution in [0, 0.1) is 0 Å². The zero-order valence-corrected chi connectivity index (χ0v) is 14.5. The number of benzene rings is 1. The lowest BCUT2D eigenvalue weighted by Gasteiger charge is -2.37. The molecule has 24 heavy (non-hydrogen) atoms. The van der Waals surface area contributed by atoms with Crippen molar-refractivity contribution < 1.29 is 14.3 Å². The Balaban J connectivity index is 1.52. The summed E-state index contributed by atoms with van der Waals surface area (Å²) >= 11 is 0. The standard InChI is InChI=1S/C18H27N3O3/c1-3-21-13-15(24-17-9-5-4-8-16(17)21)12-20(2)18(22)19-11-14-7-6-10-23-14/h4-5,8-9,14-15H,3,6-7,10-13H2,1-2H3,(H,19,22)/t14-,15-/m0/s1. The molecule has 1 fully saturated rings. The highest BCUT2D eigenvalue weighted by atomic mass is 16.5. The maximum Gasteiger partial charge on any atom is 0.317 e. The van der Waals surface area contributed by atoms with Crippen molar-refractivity contribution in [3.05, 3.63) is 24.3 Å². The molecule has 1 aromatic carbocycles. The number of ether oxygens (including phenoxy) is 2. The van der Waals surface area contributed by atoms with Crippen LogP contribution in [0.1, 0.15) is 19.8 Å². The van der Waals surface area contributed by atoms with Crippen LogP contribution in [0.3, 0.4) is 0 Å². The van der Waals surface area contributed by atoms with E-state index in [1.807, 2.05) is 25.2 Å². The van der Waals surface area contributed by atoms with Gasteiger partial charge in [-0.25, -0.2) is 4.79 Å². The van der Waals surface area contributed by atoms with Crippen molar-refractivity contribution in [2.45, 2.75) is 32.0 Å². The molecule has 6 nitrogen and oxygen atoms in total. The zero-order valence-electron chi connectivity index (χ0n) is 14.5. The molecular weight excluding hydrogens is 306 g/mol. The van der Waals surface area contributed by atoms with Crippen LogP contribution in [0.25, 0.3) is 0 Å². The highest BCUT2D eigenvalue weighted by Crippen LogP contribution is 2.32. The number of nitrogens with zero attached hydrogens (tertiary/aromatic N) is 2. The molecule has 0 bridgehead atoms. The van der Waals surface area contributed by atoms with Crippen molar-refractivity contribution in [2.24, 2.45) is 0 Å². The molecule has 2 atom stereocenters. The molecule has 1 saturated heterocycles. The van der Waals surface area contributed by atoms with Gasteiger partial charge in [-0.3, -0.25) is 0 Å². The summed E-state index contributed by atoms with van der Waals surface area (Å²) in [6, 6.07) is 7.99. The van der Waals surface area contributed by atoms with Crippen molar-refractivity contribution in [3.8, 4) is 5.75 Å². The third kappa shape index (κ3) is 3.93. The lowest BCUT2D eigenvalue weighted by molar-refractivity contribution is 0.107. The summed E-state index contributed by atoms with van der Waals surface area (Å²) in [5.41, 5.74) is 1.13. The van der Waals surface area contributed by atoms with Gasteiger partial charge in [0.15, 0.2) is 0 Å². The number of hydrogen-bond acceptors (Lipinski definition) is 4. The molecule has 0 radical (unpaired) electrons. The van der Waals surface area contributed by atoms with Crippen molar-refractivity contribution in [1.82, 2.24) is 10.2 Å². The lowest BCUT2D eigenvalue weighted by atomic mass is 10.2. The number of fused-ring (bicyclic) bond motifs is 1. The topological polar surface area (TPSA) is 54.0 Å². The predicted molar refractivity (Wildman–Crippen MR) is 93.7 cm³/mol. The zero-order chi connectivity index (χ0) is 16.9. The molecule has 132 valence electrons. The Morgan fingerprint density at radius 1 is 1.38 bits per heavy atom. The van der Waals surface area contributed by atoms with Gasteiger partial charge < -0.3 is 24.6 Å². The number of hydrogen-bond donors (Lipinski definition) is 1. The molecule has 0 aliphatic carbocycles. The molecule has 0 spiro atoms. The van der Waals surface area contributed by atoms with Gasteiger partial charge in [-0.05, 0) is 31.9 Å². The molecule has 2 amide bonds. The Kier molecular flexibility index (Phi) is 5.45. The predicted octanol–water partition coefficient (Wildman–Crippen LogP) is 2.09. The minimum absolute atomic E-state index is 0.0293. The third-order valence-electron chi connectivity index (χ3n) is 4.63. The van der Waals surface area contributed by atoms with Gasteiger partial charge in [-0.15, -0.1) is 0 Å². The highest BCUT2D eigenvalue weighted by molar-refractivity contribution is 5.74. The van der Waals surface area contributed by atoms with Crippen LogP contribution in [-0.2, 0) is 4.74 Å². The van der Waals surface area contributed by atoms with Crippen molar-refractivity contribution in [2.75, 3.05) is 44.7 Å². The fourth-order valence-electron chi connectivity index (χ4n) is 3.30. The van der Waals surface area contributed by atoms with Crippen LogP contribution in [0.2, 0.25) is 0 Å². The van der Waals surface area contributed by atoms with E-state index in [9.17, 15) is 4.79 Å². The summed E-state index contributed by atoms with van der Waals surface area (Å²) in [5.74, 6) is 0.892. The molecule has 2 heterocycles. The number of carbonyl (C=O) groups excluding carboxylic acids is 1. The second-order valence-electron chi connectivity index (χ2n) is 6.45. The Morgan fingerprint density at radius 3 is 2.96 bits per heavy atom. The molecule has 0 saturated carbocycles. The van der Waals surface area contributed by atoms with Crippen LogP contribution >= 0.6 is 0 Å². The van der Waals surface area contributed by atoms with Gasteiger partial charge in [0.25, 0.3) is 0 Å². The number of likely N-dealkylation sites (N-methyl/N-ethyl adjacent to an activating group) is 2. The SMILES string of the molecule is CCN1C[C@H](CN(C)C(=O)NC[C@@H]2CCCO2)Oc2ccccc21. The minimum atomic E-state index is -0.0731. The Labute approximate surface area is 143 Å². The fraction of sp³-hybridized carbons (Fsp3) is 0.611. The van der Waals surface area contributed by atoms with Crippen LogP contribution in [0.4, 0.5) is 10.5 Å². The van der Waals surface area contributed by atoms with Gasteiger partial charge in [-0.2, -0.15) is 0 Å². The molecule has 2 aliphatic rings. The van der Waals surface area contributed by atoms with E-state index < -0.39 is 0 Å². The number of amides is 2. The average Bonchev–Trinajstić information content (AvgIpc) is 3.12. The summed E-state index contributed by atoms with van der Waals surface area (Å²) in [5, 5.41) is 2.95. The molecule has 0 aromatic heterocycles. The number of anilines is 1. The molecule has 1 aromatic rings. The van der Waals surface area contributed by atoms with Gasteiger partial charge in [-0.1, -0.05) is 12.1 Å². The first-order valence-corrected chi connectivity index (χ1v) is 8.78. The maximum absolute atomic E-state index is 12.3. The first-order chi connectivity index (χ1) is 11.7. The van der Waals surface area contributed by atoms with E-state index in [1.54, 1.807) is 4.90 Å². The molecule has 1 N–H and O–H groups in total. The highest BCUT2D eigenvalue weighted by Gasteiger charge is 2.27. The number of rotatable bonds is 5. The van der Waals surface area contributed by atoms with E-state index in [1.165, 1.54) is 0 Å². The van der Waals surface area contributed by atoms with E-state index in [4.69, 9.17) is 9.47 Å². The molecule has 6 heteroatoms. The number of nitrogens with one attached hydrogen (secondary N) is 1. The summed E-state index contributed by atoms with van der Waals surface area (Å²) in [6.07, 6.45) is 2.24. The summed E-state index contributed by atoms with van der Waals surface area (Å²) in [7, 11) is 1.81. The number of urea groups is 1. The fourth-order valence-corrected chi connectivity index (χ4v) is 3.30. The molecule has 3 rings (SSSR count). The van der Waals surface area contributed by atoms with Gasteiger partial charge in [0.2, 0.25) is 0 Å².